The second-order valence-electron chi connectivity index (χ2n) is 11.4. The van der Waals surface area contributed by atoms with Gasteiger partial charge in [-0.15, -0.1) is 0 Å². The third-order valence-corrected chi connectivity index (χ3v) is 8.68. The van der Waals surface area contributed by atoms with E-state index in [1.165, 1.54) is 21.5 Å². The van der Waals surface area contributed by atoms with Crippen LogP contribution in [0.15, 0.2) is 162 Å². The summed E-state index contributed by atoms with van der Waals surface area (Å²) in [7, 11) is 0. The van der Waals surface area contributed by atoms with Crippen molar-refractivity contribution in [3.8, 4) is 45.0 Å². The molecule has 2 heterocycles. The van der Waals surface area contributed by atoms with Gasteiger partial charge >= 0.3 is 0 Å². The van der Waals surface area contributed by atoms with Gasteiger partial charge in [0.2, 0.25) is 0 Å². The second-order valence-corrected chi connectivity index (χ2v) is 11.4. The maximum Gasteiger partial charge on any atom is 0.160 e. The van der Waals surface area contributed by atoms with Crippen molar-refractivity contribution in [2.24, 2.45) is 0 Å². The van der Waals surface area contributed by atoms with Gasteiger partial charge in [0.25, 0.3) is 0 Å². The Hall–Kier alpha value is -6.06. The Labute approximate surface area is 260 Å². The fourth-order valence-electron chi connectivity index (χ4n) is 6.47. The maximum atomic E-state index is 6.51. The Kier molecular flexibility index (Phi) is 5.82. The molecule has 2 aromatic heterocycles. The number of benzene rings is 7. The predicted molar refractivity (Wildman–Crippen MR) is 186 cm³/mol. The lowest BCUT2D eigenvalue weighted by Crippen LogP contribution is -1.96. The van der Waals surface area contributed by atoms with Gasteiger partial charge in [-0.2, -0.15) is 0 Å². The third-order valence-electron chi connectivity index (χ3n) is 8.68. The van der Waals surface area contributed by atoms with Crippen LogP contribution in [0.1, 0.15) is 0 Å². The smallest absolute Gasteiger partial charge is 0.160 e. The van der Waals surface area contributed by atoms with E-state index in [9.17, 15) is 0 Å². The molecule has 9 rings (SSSR count). The van der Waals surface area contributed by atoms with Gasteiger partial charge in [-0.25, -0.2) is 9.97 Å². The van der Waals surface area contributed by atoms with E-state index < -0.39 is 0 Å². The monoisotopic (exact) mass is 574 g/mol. The van der Waals surface area contributed by atoms with Crippen molar-refractivity contribution in [3.63, 3.8) is 0 Å². The Balaban J connectivity index is 1.20. The molecule has 3 heteroatoms. The zero-order valence-corrected chi connectivity index (χ0v) is 24.3. The quantitative estimate of drug-likeness (QED) is 0.196. The van der Waals surface area contributed by atoms with Gasteiger partial charge in [0.1, 0.15) is 11.2 Å². The highest BCUT2D eigenvalue weighted by Crippen LogP contribution is 2.39. The molecule has 0 atom stereocenters. The molecule has 0 aliphatic rings. The van der Waals surface area contributed by atoms with Gasteiger partial charge in [0, 0.05) is 27.5 Å². The number of nitrogens with zero attached hydrogens (tertiary/aromatic N) is 2. The van der Waals surface area contributed by atoms with Gasteiger partial charge < -0.3 is 4.42 Å². The number of furan rings is 1. The van der Waals surface area contributed by atoms with Gasteiger partial charge in [-0.1, -0.05) is 127 Å². The molecule has 0 spiro atoms. The Morgan fingerprint density at radius 1 is 0.378 bits per heavy atom. The molecule has 210 valence electrons. The standard InChI is InChI=1S/C42H26N2O/c1-3-11-28(12-4-1)37-26-38(44-42(43-37)29-13-5-2-6-14-29)35-16-9-17-39-41(35)36-23-21-31(25-40(36)45-39)30-20-22-34-32(24-30)19-18-27-10-7-8-15-33(27)34/h1-26H. The van der Waals surface area contributed by atoms with E-state index in [1.54, 1.807) is 0 Å². The SMILES string of the molecule is c1ccc(-c2cc(-c3cccc4oc5cc(-c6ccc7c(ccc8ccccc87)c6)ccc5c34)nc(-c3ccccc3)n2)cc1. The molecule has 0 amide bonds. The highest BCUT2D eigenvalue weighted by molar-refractivity contribution is 6.13. The molecule has 0 aliphatic heterocycles. The summed E-state index contributed by atoms with van der Waals surface area (Å²) < 4.78 is 6.51. The molecular weight excluding hydrogens is 548 g/mol. The van der Waals surface area contributed by atoms with Gasteiger partial charge in [-0.05, 0) is 63.0 Å². The van der Waals surface area contributed by atoms with E-state index in [0.29, 0.717) is 5.82 Å². The highest BCUT2D eigenvalue weighted by Gasteiger charge is 2.17. The molecular formula is C42H26N2O. The zero-order chi connectivity index (χ0) is 29.7. The van der Waals surface area contributed by atoms with Crippen molar-refractivity contribution in [2.75, 3.05) is 0 Å². The summed E-state index contributed by atoms with van der Waals surface area (Å²) in [5.74, 6) is 0.697. The summed E-state index contributed by atoms with van der Waals surface area (Å²) >= 11 is 0. The van der Waals surface area contributed by atoms with E-state index in [-0.39, 0.29) is 0 Å². The van der Waals surface area contributed by atoms with Gasteiger partial charge in [0.05, 0.1) is 11.4 Å². The first kappa shape index (κ1) is 25.4. The lowest BCUT2D eigenvalue weighted by molar-refractivity contribution is 0.669. The average molecular weight is 575 g/mol. The molecule has 7 aromatic carbocycles. The highest BCUT2D eigenvalue weighted by atomic mass is 16.3. The number of rotatable bonds is 4. The van der Waals surface area contributed by atoms with Crippen LogP contribution in [0.2, 0.25) is 0 Å². The topological polar surface area (TPSA) is 38.9 Å². The molecule has 0 unspecified atom stereocenters. The van der Waals surface area contributed by atoms with Crippen molar-refractivity contribution < 1.29 is 4.42 Å². The van der Waals surface area contributed by atoms with Crippen molar-refractivity contribution in [3.05, 3.63) is 158 Å². The van der Waals surface area contributed by atoms with Crippen LogP contribution in [0.5, 0.6) is 0 Å². The lowest BCUT2D eigenvalue weighted by Gasteiger charge is -2.10. The van der Waals surface area contributed by atoms with E-state index in [4.69, 9.17) is 14.4 Å². The first-order valence-electron chi connectivity index (χ1n) is 15.2. The minimum Gasteiger partial charge on any atom is -0.456 e. The molecule has 0 aliphatic carbocycles. The largest absolute Gasteiger partial charge is 0.456 e. The zero-order valence-electron chi connectivity index (χ0n) is 24.3. The van der Waals surface area contributed by atoms with Gasteiger partial charge in [0.15, 0.2) is 5.82 Å². The molecule has 0 bridgehead atoms. The Morgan fingerprint density at radius 3 is 1.89 bits per heavy atom. The van der Waals surface area contributed by atoms with Crippen LogP contribution in [0, 0.1) is 0 Å². The summed E-state index contributed by atoms with van der Waals surface area (Å²) in [6, 6.07) is 55.0. The maximum absolute atomic E-state index is 6.51. The van der Waals surface area contributed by atoms with Crippen LogP contribution in [0.3, 0.4) is 0 Å². The molecule has 0 saturated heterocycles. The van der Waals surface area contributed by atoms with E-state index in [0.717, 1.165) is 61.1 Å². The first-order chi connectivity index (χ1) is 22.3. The molecule has 9 aromatic rings. The fourth-order valence-corrected chi connectivity index (χ4v) is 6.47. The van der Waals surface area contributed by atoms with Crippen molar-refractivity contribution in [1.29, 1.82) is 0 Å². The summed E-state index contributed by atoms with van der Waals surface area (Å²) in [4.78, 5) is 10.1. The molecule has 0 fully saturated rings. The average Bonchev–Trinajstić information content (AvgIpc) is 3.50. The summed E-state index contributed by atoms with van der Waals surface area (Å²) in [6.45, 7) is 0. The van der Waals surface area contributed by atoms with Crippen molar-refractivity contribution in [1.82, 2.24) is 9.97 Å². The van der Waals surface area contributed by atoms with Gasteiger partial charge in [-0.3, -0.25) is 0 Å². The lowest BCUT2D eigenvalue weighted by atomic mass is 9.96. The number of aromatic nitrogens is 2. The summed E-state index contributed by atoms with van der Waals surface area (Å²) in [5.41, 5.74) is 8.78. The van der Waals surface area contributed by atoms with Crippen LogP contribution < -0.4 is 0 Å². The fraction of sp³-hybridized carbons (Fsp3) is 0. The van der Waals surface area contributed by atoms with Crippen LogP contribution in [0.25, 0.3) is 88.5 Å². The minimum absolute atomic E-state index is 0.697. The van der Waals surface area contributed by atoms with Crippen molar-refractivity contribution >= 4 is 43.5 Å². The Bertz CT molecular complexity index is 2470. The number of fused-ring (bicyclic) bond motifs is 6. The second kappa shape index (κ2) is 10.3. The van der Waals surface area contributed by atoms with E-state index in [2.05, 4.69) is 109 Å². The predicted octanol–water partition coefficient (Wildman–Crippen LogP) is 11.4. The first-order valence-corrected chi connectivity index (χ1v) is 15.2. The number of hydrogen-bond acceptors (Lipinski definition) is 3. The number of hydrogen-bond donors (Lipinski definition) is 0. The van der Waals surface area contributed by atoms with E-state index in [1.807, 2.05) is 48.5 Å². The Morgan fingerprint density at radius 2 is 1.04 bits per heavy atom. The van der Waals surface area contributed by atoms with Crippen LogP contribution in [-0.2, 0) is 0 Å². The van der Waals surface area contributed by atoms with Crippen LogP contribution in [-0.4, -0.2) is 9.97 Å². The van der Waals surface area contributed by atoms with Crippen LogP contribution >= 0.6 is 0 Å². The molecule has 0 radical (unpaired) electrons. The summed E-state index contributed by atoms with van der Waals surface area (Å²) in [5, 5.41) is 7.15. The third kappa shape index (κ3) is 4.37. The minimum atomic E-state index is 0.697. The molecule has 0 saturated carbocycles. The van der Waals surface area contributed by atoms with E-state index >= 15 is 0 Å². The summed E-state index contributed by atoms with van der Waals surface area (Å²) in [6.07, 6.45) is 0. The molecule has 3 nitrogen and oxygen atoms in total. The van der Waals surface area contributed by atoms with Crippen LogP contribution in [0.4, 0.5) is 0 Å². The molecule has 0 N–H and O–H groups in total. The normalized spacial score (nSPS) is 11.6. The van der Waals surface area contributed by atoms with Crippen molar-refractivity contribution in [2.45, 2.75) is 0 Å². The molecule has 45 heavy (non-hydrogen) atoms.